The van der Waals surface area contributed by atoms with Crippen LogP contribution in [0, 0.1) is 0 Å². The van der Waals surface area contributed by atoms with Gasteiger partial charge in [0, 0.05) is 105 Å². The van der Waals surface area contributed by atoms with Crippen molar-refractivity contribution in [2.45, 2.75) is 48.7 Å². The summed E-state index contributed by atoms with van der Waals surface area (Å²) >= 11 is 15.7. The van der Waals surface area contributed by atoms with Crippen molar-refractivity contribution in [2.75, 3.05) is 41.3 Å². The lowest BCUT2D eigenvalue weighted by Gasteiger charge is -2.11. The van der Waals surface area contributed by atoms with Gasteiger partial charge >= 0.3 is 5.97 Å². The standard InChI is InChI=1S/C25H24ClN3O5S2.C15H14ClNO2S.C10H12N2O4S.ClH/c1-15(30)22-5-6-23(35-22)17-9-18-10-19(34-25(18)21(26)11-17)13-28-24(31)7-4-16-8-20(14-27-12-16)36(32,33)29(2)3;1-8(18)13-2-3-14(20-13)9-4-10-5-11(7-17)19-15(10)12(16)6-9;1-12(2)17(15,16)9-5-8(6-11-7-9)3-4-10(13)14;/h4-9,11-12,14,19H,10,13H2,1-3H3,(H,28,31);2-4,6,11H,5,7,17H2,1H3;3-7H,1-2H3,(H,13,14);1H/b7-4+;;4-3+;. The van der Waals surface area contributed by atoms with E-state index in [9.17, 15) is 36.0 Å². The molecule has 6 aromatic rings. The summed E-state index contributed by atoms with van der Waals surface area (Å²) in [5, 5.41) is 12.3. The Hall–Kier alpha value is -5.85. The Kier molecular flexibility index (Phi) is 20.4. The highest BCUT2D eigenvalue weighted by Crippen LogP contribution is 2.42. The molecule has 2 atom stereocenters. The fraction of sp³-hybridized carbons (Fsp3) is 0.240. The first kappa shape index (κ1) is 59.0. The summed E-state index contributed by atoms with van der Waals surface area (Å²) in [5.41, 5.74) is 10.5. The Balaban J connectivity index is 0.000000225. The maximum atomic E-state index is 12.3. The highest BCUT2D eigenvalue weighted by molar-refractivity contribution is 7.89. The number of ether oxygens (including phenoxy) is 2. The van der Waals surface area contributed by atoms with E-state index in [0.29, 0.717) is 44.8 Å². The number of carbonyl (C=O) groups excluding carboxylic acids is 3. The molecular weight excluding hydrogens is 1100 g/mol. The van der Waals surface area contributed by atoms with Gasteiger partial charge in [0.15, 0.2) is 11.6 Å². The van der Waals surface area contributed by atoms with Crippen LogP contribution in [0.4, 0.5) is 0 Å². The van der Waals surface area contributed by atoms with Crippen LogP contribution in [0.25, 0.3) is 33.0 Å². The molecule has 0 bridgehead atoms. The number of halogens is 3. The van der Waals surface area contributed by atoms with Gasteiger partial charge in [-0.05, 0) is 109 Å². The van der Waals surface area contributed by atoms with E-state index in [4.69, 9.17) is 43.5 Å². The van der Waals surface area contributed by atoms with Crippen molar-refractivity contribution in [1.82, 2.24) is 23.9 Å². The Labute approximate surface area is 453 Å². The number of carbonyl (C=O) groups is 4. The van der Waals surface area contributed by atoms with Crippen LogP contribution < -0.4 is 20.5 Å². The summed E-state index contributed by atoms with van der Waals surface area (Å²) < 4.78 is 61.9. The zero-order chi connectivity index (χ0) is 53.4. The molecule has 0 saturated heterocycles. The van der Waals surface area contributed by atoms with Crippen LogP contribution in [0.1, 0.15) is 55.4 Å². The summed E-state index contributed by atoms with van der Waals surface area (Å²) in [6.45, 7) is 3.86. The molecule has 2 aliphatic rings. The molecule has 6 heterocycles. The van der Waals surface area contributed by atoms with Crippen molar-refractivity contribution >= 4 is 114 Å². The minimum absolute atomic E-state index is 0. The number of aromatic nitrogens is 2. The molecule has 4 N–H and O–H groups in total. The van der Waals surface area contributed by atoms with Gasteiger partial charge in [-0.3, -0.25) is 24.4 Å². The molecule has 17 nitrogen and oxygen atoms in total. The number of sulfonamides is 2. The number of carboxylic acids is 1. The van der Waals surface area contributed by atoms with E-state index in [1.165, 1.54) is 113 Å². The molecule has 2 aliphatic heterocycles. The van der Waals surface area contributed by atoms with Crippen molar-refractivity contribution in [3.05, 3.63) is 140 Å². The van der Waals surface area contributed by atoms with Crippen molar-refractivity contribution in [3.63, 3.8) is 0 Å². The van der Waals surface area contributed by atoms with Gasteiger partial charge in [-0.15, -0.1) is 35.1 Å². The highest BCUT2D eigenvalue weighted by atomic mass is 35.5. The average molecular weight is 1150 g/mol. The molecule has 1 amide bonds. The minimum atomic E-state index is -3.62. The van der Waals surface area contributed by atoms with E-state index < -0.39 is 26.0 Å². The van der Waals surface area contributed by atoms with Crippen molar-refractivity contribution in [3.8, 4) is 32.4 Å². The summed E-state index contributed by atoms with van der Waals surface area (Å²) in [7, 11) is -1.46. The first-order valence-corrected chi connectivity index (χ1v) is 27.3. The molecule has 0 saturated carbocycles. The lowest BCUT2D eigenvalue weighted by molar-refractivity contribution is -0.131. The van der Waals surface area contributed by atoms with Gasteiger partial charge in [-0.25, -0.2) is 30.2 Å². The molecular formula is C50H51Cl3N6O11S4. The number of hydrogen-bond donors (Lipinski definition) is 3. The largest absolute Gasteiger partial charge is 0.487 e. The second-order valence-corrected chi connectivity index (χ2v) is 24.0. The van der Waals surface area contributed by atoms with E-state index in [1.54, 1.807) is 13.0 Å². The number of carboxylic acid groups (broad SMARTS) is 1. The number of hydrogen-bond acceptors (Lipinski definition) is 15. The molecule has 2 unspecified atom stereocenters. The number of nitrogens with zero attached hydrogens (tertiary/aromatic N) is 4. The monoisotopic (exact) mass is 1140 g/mol. The van der Waals surface area contributed by atoms with Gasteiger partial charge in [-0.1, -0.05) is 23.2 Å². The van der Waals surface area contributed by atoms with Gasteiger partial charge in [0.05, 0.1) is 26.3 Å². The fourth-order valence-electron chi connectivity index (χ4n) is 7.04. The molecule has 0 fully saturated rings. The number of benzene rings is 2. The second-order valence-electron chi connectivity index (χ2n) is 16.7. The third kappa shape index (κ3) is 14.9. The van der Waals surface area contributed by atoms with Gasteiger partial charge in [0.1, 0.15) is 33.5 Å². The third-order valence-electron chi connectivity index (χ3n) is 10.8. The van der Waals surface area contributed by atoms with Crippen molar-refractivity contribution < 1.29 is 50.6 Å². The number of nitrogens with two attached hydrogens (primary N) is 1. The number of nitrogens with one attached hydrogen (secondary N) is 1. The number of aliphatic carboxylic acids is 1. The molecule has 24 heteroatoms. The predicted molar refractivity (Wildman–Crippen MR) is 291 cm³/mol. The zero-order valence-corrected chi connectivity index (χ0v) is 46.2. The van der Waals surface area contributed by atoms with E-state index in [1.807, 2.05) is 36.4 Å². The highest BCUT2D eigenvalue weighted by Gasteiger charge is 2.28. The van der Waals surface area contributed by atoms with Crippen LogP contribution in [0.5, 0.6) is 11.5 Å². The molecule has 74 heavy (non-hydrogen) atoms. The van der Waals surface area contributed by atoms with Crippen LogP contribution in [-0.2, 0) is 42.5 Å². The summed E-state index contributed by atoms with van der Waals surface area (Å²) in [6, 6.07) is 18.1. The summed E-state index contributed by atoms with van der Waals surface area (Å²) in [4.78, 5) is 56.9. The molecule has 8 rings (SSSR count). The number of ketones is 2. The van der Waals surface area contributed by atoms with Crippen LogP contribution in [0.15, 0.2) is 107 Å². The van der Waals surface area contributed by atoms with Crippen LogP contribution in [0.2, 0.25) is 10.0 Å². The van der Waals surface area contributed by atoms with Crippen molar-refractivity contribution in [1.29, 1.82) is 0 Å². The van der Waals surface area contributed by atoms with E-state index in [2.05, 4.69) is 21.4 Å². The maximum absolute atomic E-state index is 12.3. The molecule has 0 spiro atoms. The lowest BCUT2D eigenvalue weighted by atomic mass is 10.1. The first-order valence-electron chi connectivity index (χ1n) is 22.0. The number of rotatable bonds is 15. The summed E-state index contributed by atoms with van der Waals surface area (Å²) in [6.07, 6.45) is 11.4. The zero-order valence-electron chi connectivity index (χ0n) is 40.6. The quantitative estimate of drug-likeness (QED) is 0.0645. The van der Waals surface area contributed by atoms with E-state index >= 15 is 0 Å². The Morgan fingerprint density at radius 3 is 1.54 bits per heavy atom. The van der Waals surface area contributed by atoms with Gasteiger partial charge in [0.25, 0.3) is 0 Å². The Morgan fingerprint density at radius 1 is 0.703 bits per heavy atom. The fourth-order valence-corrected chi connectivity index (χ4v) is 11.2. The Bertz CT molecular complexity index is 3360. The SMILES string of the molecule is CC(=O)c1ccc(-c2cc(Cl)c3c(c2)CC(CN)O3)s1.CC(=O)c1ccc(-c2cc(Cl)c3c(c2)CC(CNC(=O)/C=C/c2cncc(S(=O)(=O)N(C)C)c2)O3)s1.CN(C)S(=O)(=O)c1cncc(/C=C/C(=O)O)c1.Cl. The summed E-state index contributed by atoms with van der Waals surface area (Å²) in [5.74, 6) is -0.00418. The smallest absolute Gasteiger partial charge is 0.328 e. The number of Topliss-reactive ketones (excluding diaryl/α,β-unsaturated/α-hetero) is 2. The molecule has 0 aliphatic carbocycles. The maximum Gasteiger partial charge on any atom is 0.328 e. The van der Waals surface area contributed by atoms with Crippen molar-refractivity contribution in [2.24, 2.45) is 5.73 Å². The molecule has 4 aromatic heterocycles. The molecule has 2 aromatic carbocycles. The third-order valence-corrected chi connectivity index (χ3v) is 17.4. The molecule has 0 radical (unpaired) electrons. The predicted octanol–water partition coefficient (Wildman–Crippen LogP) is 8.43. The van der Waals surface area contributed by atoms with E-state index in [0.717, 1.165) is 63.7 Å². The van der Waals surface area contributed by atoms with Gasteiger partial charge < -0.3 is 25.6 Å². The Morgan fingerprint density at radius 2 is 1.14 bits per heavy atom. The number of pyridine rings is 2. The van der Waals surface area contributed by atoms with Crippen LogP contribution in [0.3, 0.4) is 0 Å². The number of fused-ring (bicyclic) bond motifs is 2. The van der Waals surface area contributed by atoms with Crippen LogP contribution >= 0.6 is 58.3 Å². The normalized spacial score (nSPS) is 14.7. The topological polar surface area (TPSA) is 246 Å². The van der Waals surface area contributed by atoms with Gasteiger partial charge in [0.2, 0.25) is 26.0 Å². The lowest BCUT2D eigenvalue weighted by Crippen LogP contribution is -2.33. The molecule has 392 valence electrons. The van der Waals surface area contributed by atoms with Gasteiger partial charge in [-0.2, -0.15) is 0 Å². The minimum Gasteiger partial charge on any atom is -0.487 e. The number of thiophene rings is 2. The van der Waals surface area contributed by atoms with E-state index in [-0.39, 0.29) is 58.4 Å². The van der Waals surface area contributed by atoms with Crippen LogP contribution in [-0.4, -0.2) is 117 Å². The average Bonchev–Trinajstić information content (AvgIpc) is 4.19. The number of amides is 1. The second kappa shape index (κ2) is 25.6. The first-order chi connectivity index (χ1) is 34.5.